The molecule has 2 fully saturated rings. The molecule has 154 valence electrons. The van der Waals surface area contributed by atoms with Gasteiger partial charge in [-0.1, -0.05) is 12.1 Å². The van der Waals surface area contributed by atoms with Gasteiger partial charge in [-0.15, -0.1) is 11.3 Å². The van der Waals surface area contributed by atoms with Crippen molar-refractivity contribution in [2.45, 2.75) is 50.2 Å². The molecule has 2 amide bonds. The molecule has 2 N–H and O–H groups in total. The zero-order valence-corrected chi connectivity index (χ0v) is 16.4. The Kier molecular flexibility index (Phi) is 5.10. The van der Waals surface area contributed by atoms with Crippen LogP contribution in [0.15, 0.2) is 24.3 Å². The summed E-state index contributed by atoms with van der Waals surface area (Å²) >= 11 is 1.26. The fourth-order valence-corrected chi connectivity index (χ4v) is 4.85. The highest BCUT2D eigenvalue weighted by molar-refractivity contribution is 7.15. The summed E-state index contributed by atoms with van der Waals surface area (Å²) in [5.41, 5.74) is 5.12. The molecule has 1 unspecified atom stereocenters. The molecule has 1 aromatic carbocycles. The Hall–Kier alpha value is -2.42. The topological polar surface area (TPSA) is 76.3 Å². The third-order valence-corrected chi connectivity index (χ3v) is 6.58. The Balaban J connectivity index is 1.76. The highest BCUT2D eigenvalue weighted by Gasteiger charge is 2.37. The second kappa shape index (κ2) is 7.44. The van der Waals surface area contributed by atoms with E-state index in [9.17, 15) is 22.8 Å². The average Bonchev–Trinajstić information content (AvgIpc) is 3.45. The number of alkyl halides is 3. The number of benzene rings is 1. The Morgan fingerprint density at radius 1 is 1.17 bits per heavy atom. The van der Waals surface area contributed by atoms with Crippen molar-refractivity contribution in [1.82, 2.24) is 9.88 Å². The monoisotopic (exact) mass is 423 g/mol. The molecule has 0 spiro atoms. The molecule has 1 atom stereocenters. The van der Waals surface area contributed by atoms with Crippen molar-refractivity contribution in [1.29, 1.82) is 0 Å². The fourth-order valence-electron chi connectivity index (χ4n) is 3.63. The molecule has 2 heterocycles. The molecule has 1 aromatic heterocycles. The lowest BCUT2D eigenvalue weighted by Crippen LogP contribution is -2.50. The summed E-state index contributed by atoms with van der Waals surface area (Å²) in [6.45, 7) is 0.380. The number of hydrogen-bond acceptors (Lipinski definition) is 4. The van der Waals surface area contributed by atoms with Gasteiger partial charge in [-0.25, -0.2) is 4.98 Å². The summed E-state index contributed by atoms with van der Waals surface area (Å²) in [6, 6.07) is 4.22. The van der Waals surface area contributed by atoms with E-state index < -0.39 is 29.6 Å². The molecule has 2 aromatic rings. The molecule has 4 rings (SSSR count). The van der Waals surface area contributed by atoms with Crippen LogP contribution in [0.5, 0.6) is 0 Å². The molecule has 1 aliphatic carbocycles. The van der Waals surface area contributed by atoms with Crippen molar-refractivity contribution in [3.63, 3.8) is 0 Å². The number of primary amides is 1. The van der Waals surface area contributed by atoms with Crippen molar-refractivity contribution in [3.05, 3.63) is 40.5 Å². The molecular formula is C20H20F3N3O2S. The maximum atomic E-state index is 13.3. The van der Waals surface area contributed by atoms with Gasteiger partial charge in [0.15, 0.2) is 0 Å². The molecule has 29 heavy (non-hydrogen) atoms. The number of piperidine rings is 1. The van der Waals surface area contributed by atoms with Crippen molar-refractivity contribution >= 4 is 23.2 Å². The van der Waals surface area contributed by atoms with E-state index in [0.717, 1.165) is 42.8 Å². The van der Waals surface area contributed by atoms with Crippen LogP contribution < -0.4 is 5.73 Å². The lowest BCUT2D eigenvalue weighted by atomic mass is 10.0. The van der Waals surface area contributed by atoms with Gasteiger partial charge in [-0.3, -0.25) is 9.59 Å². The van der Waals surface area contributed by atoms with E-state index in [-0.39, 0.29) is 11.6 Å². The number of carbonyl (C=O) groups is 2. The number of likely N-dealkylation sites (tertiary alicyclic amines) is 1. The van der Waals surface area contributed by atoms with Gasteiger partial charge in [0.25, 0.3) is 5.91 Å². The van der Waals surface area contributed by atoms with Crippen LogP contribution in [0.25, 0.3) is 10.4 Å². The van der Waals surface area contributed by atoms with Crippen LogP contribution in [0.3, 0.4) is 0 Å². The summed E-state index contributed by atoms with van der Waals surface area (Å²) in [7, 11) is 0. The quantitative estimate of drug-likeness (QED) is 0.801. The minimum Gasteiger partial charge on any atom is -0.368 e. The minimum absolute atomic E-state index is 0.115. The highest BCUT2D eigenvalue weighted by atomic mass is 32.1. The summed E-state index contributed by atoms with van der Waals surface area (Å²) in [6.07, 6.45) is -0.544. The van der Waals surface area contributed by atoms with E-state index in [1.54, 1.807) is 6.07 Å². The van der Waals surface area contributed by atoms with Gasteiger partial charge in [0.1, 0.15) is 11.7 Å². The third-order valence-electron chi connectivity index (χ3n) is 5.32. The summed E-state index contributed by atoms with van der Waals surface area (Å²) in [5, 5.41) is 0.758. The Labute approximate surface area is 169 Å². The largest absolute Gasteiger partial charge is 0.416 e. The third kappa shape index (κ3) is 4.01. The van der Waals surface area contributed by atoms with Gasteiger partial charge in [-0.05, 0) is 49.8 Å². The molecule has 9 heteroatoms. The molecule has 5 nitrogen and oxygen atoms in total. The smallest absolute Gasteiger partial charge is 0.368 e. The Morgan fingerprint density at radius 2 is 1.93 bits per heavy atom. The van der Waals surface area contributed by atoms with E-state index in [1.165, 1.54) is 22.3 Å². The number of thiazole rings is 1. The van der Waals surface area contributed by atoms with Crippen molar-refractivity contribution < 1.29 is 22.8 Å². The number of halogens is 3. The van der Waals surface area contributed by atoms with E-state index >= 15 is 0 Å². The van der Waals surface area contributed by atoms with Crippen LogP contribution in [0.4, 0.5) is 13.2 Å². The summed E-state index contributed by atoms with van der Waals surface area (Å²) in [5.74, 6) is -0.764. The first-order chi connectivity index (χ1) is 13.8. The van der Waals surface area contributed by atoms with E-state index in [2.05, 4.69) is 4.98 Å². The van der Waals surface area contributed by atoms with Crippen LogP contribution in [0.1, 0.15) is 59.1 Å². The minimum atomic E-state index is -4.48. The predicted octanol–water partition coefficient (Wildman–Crippen LogP) is 4.19. The predicted molar refractivity (Wildman–Crippen MR) is 102 cm³/mol. The first kappa shape index (κ1) is 19.9. The summed E-state index contributed by atoms with van der Waals surface area (Å²) in [4.78, 5) is 31.4. The van der Waals surface area contributed by atoms with Crippen LogP contribution in [-0.2, 0) is 11.0 Å². The molecule has 2 aliphatic rings. The maximum Gasteiger partial charge on any atom is 0.416 e. The molecule has 0 radical (unpaired) electrons. The Morgan fingerprint density at radius 3 is 2.59 bits per heavy atom. The fraction of sp³-hybridized carbons (Fsp3) is 0.450. The van der Waals surface area contributed by atoms with E-state index in [1.807, 2.05) is 0 Å². The SMILES string of the molecule is NC(=O)C1CCCCN1C(=O)c1nc(C2CC2)sc1-c1cccc(C(F)(F)F)c1. The van der Waals surface area contributed by atoms with Crippen molar-refractivity contribution in [2.75, 3.05) is 6.54 Å². The number of carbonyl (C=O) groups excluding carboxylic acids is 2. The number of hydrogen-bond donors (Lipinski definition) is 1. The standard InChI is InChI=1S/C20H20F3N3O2S/c21-20(22,23)13-5-3-4-12(10-13)16-15(25-18(29-16)11-7-8-11)19(28)26-9-2-1-6-14(26)17(24)27/h3-5,10-11,14H,1-2,6-9H2,(H2,24,27). The molecular weight excluding hydrogens is 403 g/mol. The van der Waals surface area contributed by atoms with Crippen molar-refractivity contribution in [2.24, 2.45) is 5.73 Å². The second-order valence-corrected chi connectivity index (χ2v) is 8.53. The van der Waals surface area contributed by atoms with Crippen LogP contribution >= 0.6 is 11.3 Å². The van der Waals surface area contributed by atoms with Crippen molar-refractivity contribution in [3.8, 4) is 10.4 Å². The van der Waals surface area contributed by atoms with E-state index in [0.29, 0.717) is 23.4 Å². The Bertz CT molecular complexity index is 953. The number of aromatic nitrogens is 1. The lowest BCUT2D eigenvalue weighted by Gasteiger charge is -2.33. The number of rotatable bonds is 4. The van der Waals surface area contributed by atoms with Gasteiger partial charge in [0.2, 0.25) is 5.91 Å². The van der Waals surface area contributed by atoms with Gasteiger partial charge in [0, 0.05) is 12.5 Å². The van der Waals surface area contributed by atoms with Gasteiger partial charge in [-0.2, -0.15) is 13.2 Å². The lowest BCUT2D eigenvalue weighted by molar-refractivity contribution is -0.137. The van der Waals surface area contributed by atoms with Crippen LogP contribution in [0.2, 0.25) is 0 Å². The molecule has 1 saturated carbocycles. The summed E-state index contributed by atoms with van der Waals surface area (Å²) < 4.78 is 39.5. The second-order valence-electron chi connectivity index (χ2n) is 7.50. The zero-order chi connectivity index (χ0) is 20.8. The number of amides is 2. The molecule has 0 bridgehead atoms. The number of nitrogens with zero attached hydrogens (tertiary/aromatic N) is 2. The van der Waals surface area contributed by atoms with Gasteiger partial charge < -0.3 is 10.6 Å². The first-order valence-electron chi connectivity index (χ1n) is 9.54. The average molecular weight is 423 g/mol. The van der Waals surface area contributed by atoms with Gasteiger partial charge >= 0.3 is 6.18 Å². The number of nitrogens with two attached hydrogens (primary N) is 1. The molecule has 1 saturated heterocycles. The zero-order valence-electron chi connectivity index (χ0n) is 15.5. The van der Waals surface area contributed by atoms with Crippen LogP contribution in [0, 0.1) is 0 Å². The van der Waals surface area contributed by atoms with E-state index in [4.69, 9.17) is 5.73 Å². The van der Waals surface area contributed by atoms with Crippen LogP contribution in [-0.4, -0.2) is 34.3 Å². The maximum absolute atomic E-state index is 13.3. The normalized spacial score (nSPS) is 20.0. The first-order valence-corrected chi connectivity index (χ1v) is 10.4. The van der Waals surface area contributed by atoms with Gasteiger partial charge in [0.05, 0.1) is 15.4 Å². The highest BCUT2D eigenvalue weighted by Crippen LogP contribution is 2.45. The molecule has 1 aliphatic heterocycles.